The zero-order chi connectivity index (χ0) is 14.4. The number of fused-ring (bicyclic) bond motifs is 1. The fourth-order valence-corrected chi connectivity index (χ4v) is 2.82. The maximum Gasteiger partial charge on any atom is 0.0884 e. The van der Waals surface area contributed by atoms with Crippen LogP contribution in [0.3, 0.4) is 0 Å². The molecule has 0 saturated carbocycles. The Morgan fingerprint density at radius 2 is 2.15 bits per heavy atom. The number of aliphatic imine (C=N–C) groups is 1. The van der Waals surface area contributed by atoms with Crippen molar-refractivity contribution in [3.05, 3.63) is 29.3 Å². The molecule has 1 N–H and O–H groups in total. The number of aliphatic hydroxyl groups excluding tert-OH is 1. The van der Waals surface area contributed by atoms with E-state index in [4.69, 9.17) is 0 Å². The lowest BCUT2D eigenvalue weighted by Crippen LogP contribution is -2.16. The summed E-state index contributed by atoms with van der Waals surface area (Å²) in [5, 5.41) is 18.6. The summed E-state index contributed by atoms with van der Waals surface area (Å²) < 4.78 is 0. The minimum Gasteiger partial charge on any atom is -0.392 e. The van der Waals surface area contributed by atoms with E-state index in [1.165, 1.54) is 19.3 Å². The molecule has 2 atom stereocenters. The van der Waals surface area contributed by atoms with Gasteiger partial charge in [0.2, 0.25) is 0 Å². The molecule has 0 amide bonds. The van der Waals surface area contributed by atoms with Gasteiger partial charge < -0.3 is 5.11 Å². The van der Waals surface area contributed by atoms with Gasteiger partial charge in [0.25, 0.3) is 0 Å². The second-order valence-corrected chi connectivity index (χ2v) is 5.44. The number of aliphatic hydroxyl groups is 1. The van der Waals surface area contributed by atoms with Gasteiger partial charge >= 0.3 is 0 Å². The van der Waals surface area contributed by atoms with Gasteiger partial charge in [0.1, 0.15) is 0 Å². The molecule has 1 aromatic rings. The number of nitriles is 1. The van der Waals surface area contributed by atoms with E-state index in [-0.39, 0.29) is 18.4 Å². The summed E-state index contributed by atoms with van der Waals surface area (Å²) in [5.74, 6) is 0.0777. The summed E-state index contributed by atoms with van der Waals surface area (Å²) in [6.45, 7) is 2.24. The highest BCUT2D eigenvalue weighted by Crippen LogP contribution is 2.39. The van der Waals surface area contributed by atoms with Crippen LogP contribution < -0.4 is 0 Å². The molecule has 0 spiro atoms. The molecule has 0 bridgehead atoms. The number of benzene rings is 1. The molecule has 3 heteroatoms. The first-order valence-electron chi connectivity index (χ1n) is 7.47. The molecule has 1 aromatic carbocycles. The van der Waals surface area contributed by atoms with Crippen LogP contribution in [0.15, 0.2) is 23.2 Å². The lowest BCUT2D eigenvalue weighted by Gasteiger charge is -2.25. The zero-order valence-electron chi connectivity index (χ0n) is 12.0. The second kappa shape index (κ2) is 7.21. The van der Waals surface area contributed by atoms with Crippen LogP contribution in [0.4, 0.5) is 5.69 Å². The Labute approximate surface area is 121 Å². The first-order valence-corrected chi connectivity index (χ1v) is 7.47. The second-order valence-electron chi connectivity index (χ2n) is 5.44. The van der Waals surface area contributed by atoms with Gasteiger partial charge in [-0.15, -0.1) is 0 Å². The lowest BCUT2D eigenvalue weighted by molar-refractivity contribution is 0.281. The van der Waals surface area contributed by atoms with Crippen LogP contribution in [-0.4, -0.2) is 11.3 Å². The molecule has 0 aliphatic carbocycles. The fourth-order valence-electron chi connectivity index (χ4n) is 2.82. The SMILES string of the molecule is CCCCCCC1c2cc(CO)ccc2N=CC1C#N. The van der Waals surface area contributed by atoms with Crippen LogP contribution in [-0.2, 0) is 6.61 Å². The van der Waals surface area contributed by atoms with Crippen molar-refractivity contribution in [1.82, 2.24) is 0 Å². The number of nitrogens with zero attached hydrogens (tertiary/aromatic N) is 2. The molecular formula is C17H22N2O. The number of rotatable bonds is 6. The molecule has 20 heavy (non-hydrogen) atoms. The number of unbranched alkanes of at least 4 members (excludes halogenated alkanes) is 3. The third kappa shape index (κ3) is 3.26. The molecule has 1 aliphatic rings. The number of hydrogen-bond donors (Lipinski definition) is 1. The zero-order valence-corrected chi connectivity index (χ0v) is 12.0. The van der Waals surface area contributed by atoms with Crippen molar-refractivity contribution < 1.29 is 5.11 Å². The third-order valence-electron chi connectivity index (χ3n) is 4.00. The maximum absolute atomic E-state index is 9.33. The highest BCUT2D eigenvalue weighted by molar-refractivity contribution is 5.75. The van der Waals surface area contributed by atoms with Gasteiger partial charge in [0.05, 0.1) is 24.3 Å². The summed E-state index contributed by atoms with van der Waals surface area (Å²) in [7, 11) is 0. The smallest absolute Gasteiger partial charge is 0.0884 e. The van der Waals surface area contributed by atoms with Crippen LogP contribution in [0.1, 0.15) is 56.1 Å². The predicted octanol–water partition coefficient (Wildman–Crippen LogP) is 4.09. The van der Waals surface area contributed by atoms with Gasteiger partial charge in [-0.25, -0.2) is 0 Å². The Morgan fingerprint density at radius 3 is 2.85 bits per heavy atom. The van der Waals surface area contributed by atoms with Crippen LogP contribution in [0.5, 0.6) is 0 Å². The Bertz CT molecular complexity index is 516. The van der Waals surface area contributed by atoms with Crippen molar-refractivity contribution in [2.45, 2.75) is 51.6 Å². The average Bonchev–Trinajstić information content (AvgIpc) is 2.50. The molecule has 2 unspecified atom stereocenters. The van der Waals surface area contributed by atoms with E-state index in [0.717, 1.165) is 29.7 Å². The van der Waals surface area contributed by atoms with Gasteiger partial charge in [-0.05, 0) is 23.6 Å². The van der Waals surface area contributed by atoms with Crippen LogP contribution in [0.2, 0.25) is 0 Å². The molecule has 2 rings (SSSR count). The molecule has 0 radical (unpaired) electrons. The van der Waals surface area contributed by atoms with Crippen molar-refractivity contribution in [2.75, 3.05) is 0 Å². The summed E-state index contributed by atoms with van der Waals surface area (Å²) in [5.41, 5.74) is 2.98. The van der Waals surface area contributed by atoms with E-state index in [1.807, 2.05) is 18.2 Å². The summed E-state index contributed by atoms with van der Waals surface area (Å²) in [4.78, 5) is 4.39. The van der Waals surface area contributed by atoms with Crippen molar-refractivity contribution in [2.24, 2.45) is 10.9 Å². The Balaban J connectivity index is 2.19. The molecule has 0 fully saturated rings. The normalized spacial score (nSPS) is 20.4. The van der Waals surface area contributed by atoms with Gasteiger partial charge in [0, 0.05) is 12.1 Å². The van der Waals surface area contributed by atoms with Crippen LogP contribution >= 0.6 is 0 Å². The minimum atomic E-state index is -0.141. The Morgan fingerprint density at radius 1 is 1.30 bits per heavy atom. The standard InChI is InChI=1S/C17H22N2O/c1-2-3-4-5-6-15-14(10-18)11-19-17-8-7-13(12-20)9-16(15)17/h7-9,11,14-15,20H,2-6,12H2,1H3. The highest BCUT2D eigenvalue weighted by Gasteiger charge is 2.27. The van der Waals surface area contributed by atoms with Gasteiger partial charge in [-0.3, -0.25) is 4.99 Å². The first kappa shape index (κ1) is 14.7. The molecule has 106 valence electrons. The predicted molar refractivity (Wildman–Crippen MR) is 81.1 cm³/mol. The van der Waals surface area contributed by atoms with Gasteiger partial charge in [0.15, 0.2) is 0 Å². The Hall–Kier alpha value is -1.66. The summed E-state index contributed by atoms with van der Waals surface area (Å²) in [6.07, 6.45) is 7.64. The van der Waals surface area contributed by atoms with Crippen molar-refractivity contribution in [3.8, 4) is 6.07 Å². The van der Waals surface area contributed by atoms with Crippen LogP contribution in [0.25, 0.3) is 0 Å². The molecule has 1 heterocycles. The quantitative estimate of drug-likeness (QED) is 0.791. The molecule has 1 aliphatic heterocycles. The third-order valence-corrected chi connectivity index (χ3v) is 4.00. The van der Waals surface area contributed by atoms with E-state index >= 15 is 0 Å². The van der Waals surface area contributed by atoms with Crippen LogP contribution in [0, 0.1) is 17.2 Å². The molecule has 3 nitrogen and oxygen atoms in total. The highest BCUT2D eigenvalue weighted by atomic mass is 16.3. The fraction of sp³-hybridized carbons (Fsp3) is 0.529. The van der Waals surface area contributed by atoms with E-state index in [1.54, 1.807) is 6.21 Å². The van der Waals surface area contributed by atoms with Gasteiger partial charge in [-0.1, -0.05) is 44.7 Å². The molecular weight excluding hydrogens is 248 g/mol. The minimum absolute atomic E-state index is 0.0385. The van der Waals surface area contributed by atoms with Crippen molar-refractivity contribution in [1.29, 1.82) is 5.26 Å². The van der Waals surface area contributed by atoms with E-state index in [0.29, 0.717) is 0 Å². The lowest BCUT2D eigenvalue weighted by atomic mass is 9.80. The van der Waals surface area contributed by atoms with E-state index in [2.05, 4.69) is 18.0 Å². The first-order chi connectivity index (χ1) is 9.80. The van der Waals surface area contributed by atoms with Crippen molar-refractivity contribution >= 4 is 11.9 Å². The van der Waals surface area contributed by atoms with E-state index < -0.39 is 0 Å². The topological polar surface area (TPSA) is 56.4 Å². The number of hydrogen-bond acceptors (Lipinski definition) is 3. The summed E-state index contributed by atoms with van der Waals surface area (Å²) in [6, 6.07) is 8.22. The summed E-state index contributed by atoms with van der Waals surface area (Å²) >= 11 is 0. The molecule has 0 saturated heterocycles. The van der Waals surface area contributed by atoms with E-state index in [9.17, 15) is 10.4 Å². The maximum atomic E-state index is 9.33. The Kier molecular flexibility index (Phi) is 5.31. The average molecular weight is 270 g/mol. The van der Waals surface area contributed by atoms with Crippen molar-refractivity contribution in [3.63, 3.8) is 0 Å². The van der Waals surface area contributed by atoms with Gasteiger partial charge in [-0.2, -0.15) is 5.26 Å². The largest absolute Gasteiger partial charge is 0.392 e. The monoisotopic (exact) mass is 270 g/mol. The molecule has 0 aromatic heterocycles.